The number of hydrogen-bond donors (Lipinski definition) is 1. The van der Waals surface area contributed by atoms with E-state index in [0.29, 0.717) is 5.69 Å². The summed E-state index contributed by atoms with van der Waals surface area (Å²) in [4.78, 5) is 0. The summed E-state index contributed by atoms with van der Waals surface area (Å²) in [6.45, 7) is 0. The predicted molar refractivity (Wildman–Crippen MR) is 93.2 cm³/mol. The van der Waals surface area contributed by atoms with Gasteiger partial charge in [0, 0.05) is 0 Å². The molecule has 120 valence electrons. The van der Waals surface area contributed by atoms with Crippen molar-refractivity contribution in [3.05, 3.63) is 92.7 Å². The summed E-state index contributed by atoms with van der Waals surface area (Å²) in [6.07, 6.45) is 19.1. The van der Waals surface area contributed by atoms with Crippen LogP contribution >= 0.6 is 11.6 Å². The van der Waals surface area contributed by atoms with Crippen LogP contribution in [0.15, 0.2) is 23.3 Å². The first kappa shape index (κ1) is 21.0. The average molecular weight is 381 g/mol. The van der Waals surface area contributed by atoms with Crippen LogP contribution in [0.25, 0.3) is 0 Å². The summed E-state index contributed by atoms with van der Waals surface area (Å²) in [5.41, 5.74) is 3.31. The minimum atomic E-state index is -0.456. The van der Waals surface area contributed by atoms with E-state index in [1.807, 2.05) is 57.8 Å². The number of anilines is 1. The van der Waals surface area contributed by atoms with E-state index < -0.39 is 5.82 Å². The number of halogens is 2. The Morgan fingerprint density at radius 2 is 1.62 bits per heavy atom. The van der Waals surface area contributed by atoms with E-state index >= 15 is 0 Å². The second kappa shape index (κ2) is 12.4. The second-order valence-electron chi connectivity index (χ2n) is 4.40. The van der Waals surface area contributed by atoms with Crippen molar-refractivity contribution in [3.8, 4) is 11.8 Å². The van der Waals surface area contributed by atoms with E-state index in [-0.39, 0.29) is 22.1 Å². The Labute approximate surface area is 160 Å². The van der Waals surface area contributed by atoms with Gasteiger partial charge in [-0.1, -0.05) is 23.4 Å². The average Bonchev–Trinajstić information content (AvgIpc) is 3.26. The molecule has 1 aromatic rings. The van der Waals surface area contributed by atoms with E-state index in [1.54, 1.807) is 6.07 Å². The summed E-state index contributed by atoms with van der Waals surface area (Å²) in [6, 6.07) is 4.28. The Morgan fingerprint density at radius 3 is 2.21 bits per heavy atom. The third-order valence-corrected chi connectivity index (χ3v) is 2.97. The maximum Gasteiger partial charge on any atom is 2.00 e. The molecule has 0 atom stereocenters. The molecule has 2 aliphatic carbocycles. The SMILES string of the molecule is Fc1ccc(N/N=C\C#C[C]2[CH][CH][CH][CH]2)cc1Cl.[CH]1[CH][CH][CH][CH]1.[Fe+2]. The van der Waals surface area contributed by atoms with Crippen molar-refractivity contribution in [2.45, 2.75) is 0 Å². The first-order valence-electron chi connectivity index (χ1n) is 6.88. The van der Waals surface area contributed by atoms with Crippen LogP contribution in [0.1, 0.15) is 0 Å². The maximum atomic E-state index is 12.9. The van der Waals surface area contributed by atoms with Crippen LogP contribution in [0.5, 0.6) is 0 Å². The van der Waals surface area contributed by atoms with Gasteiger partial charge in [-0.15, -0.1) is 0 Å². The second-order valence-corrected chi connectivity index (χ2v) is 4.81. The van der Waals surface area contributed by atoms with Gasteiger partial charge in [0.2, 0.25) is 0 Å². The van der Waals surface area contributed by atoms with Gasteiger partial charge >= 0.3 is 17.1 Å². The topological polar surface area (TPSA) is 24.4 Å². The van der Waals surface area contributed by atoms with Gasteiger partial charge in [-0.2, -0.15) is 5.10 Å². The van der Waals surface area contributed by atoms with Crippen LogP contribution < -0.4 is 5.43 Å². The van der Waals surface area contributed by atoms with Crippen molar-refractivity contribution in [1.82, 2.24) is 0 Å². The minimum Gasteiger partial charge on any atom is -0.278 e. The fourth-order valence-electron chi connectivity index (χ4n) is 1.60. The van der Waals surface area contributed by atoms with E-state index in [4.69, 9.17) is 11.6 Å². The predicted octanol–water partition coefficient (Wildman–Crippen LogP) is 4.30. The van der Waals surface area contributed by atoms with E-state index in [2.05, 4.69) is 22.4 Å². The molecular formula is C19H14ClFFeN2+2. The monoisotopic (exact) mass is 380 g/mol. The van der Waals surface area contributed by atoms with Gasteiger partial charge in [0.25, 0.3) is 0 Å². The standard InChI is InChI=1S/C14H9ClFN2.C5H5.Fe/c15-13-10-12(7-8-14(13)16)18-17-9-3-6-11-4-1-2-5-11;1-2-4-5-3-1;/h1-2,4-5,7-10,18H;1-5H;/q;;+2/b17-9-;;. The molecule has 0 amide bonds. The maximum absolute atomic E-state index is 12.9. The smallest absolute Gasteiger partial charge is 0.278 e. The van der Waals surface area contributed by atoms with Crippen LogP contribution in [0.2, 0.25) is 5.02 Å². The number of benzene rings is 1. The third kappa shape index (κ3) is 8.20. The first-order chi connectivity index (χ1) is 11.3. The molecule has 10 radical (unpaired) electrons. The Bertz CT molecular complexity index is 563. The van der Waals surface area contributed by atoms with Crippen molar-refractivity contribution in [3.63, 3.8) is 0 Å². The molecule has 2 aliphatic rings. The van der Waals surface area contributed by atoms with Gasteiger partial charge in [0.05, 0.1) is 22.8 Å². The summed E-state index contributed by atoms with van der Waals surface area (Å²) >= 11 is 5.63. The molecule has 2 nitrogen and oxygen atoms in total. The number of hydrazone groups is 1. The Balaban J connectivity index is 0.000000412. The van der Waals surface area contributed by atoms with Crippen LogP contribution in [0.3, 0.4) is 0 Å². The van der Waals surface area contributed by atoms with E-state index in [0.717, 1.165) is 5.92 Å². The van der Waals surface area contributed by atoms with Gasteiger partial charge in [0.1, 0.15) is 5.82 Å². The number of nitrogens with one attached hydrogen (secondary N) is 1. The van der Waals surface area contributed by atoms with Gasteiger partial charge in [-0.05, 0) is 76.0 Å². The van der Waals surface area contributed by atoms with Crippen molar-refractivity contribution >= 4 is 23.5 Å². The fraction of sp³-hybridized carbons (Fsp3) is 0. The summed E-state index contributed by atoms with van der Waals surface area (Å²) in [5.74, 6) is 6.16. The van der Waals surface area contributed by atoms with Gasteiger partial charge in [-0.3, -0.25) is 5.43 Å². The molecule has 24 heavy (non-hydrogen) atoms. The van der Waals surface area contributed by atoms with Crippen LogP contribution in [-0.4, -0.2) is 6.21 Å². The molecule has 0 aliphatic heterocycles. The molecule has 0 heterocycles. The van der Waals surface area contributed by atoms with Crippen LogP contribution in [0, 0.1) is 81.4 Å². The molecule has 0 spiro atoms. The number of rotatable bonds is 2. The van der Waals surface area contributed by atoms with Gasteiger partial charge < -0.3 is 0 Å². The molecule has 1 N–H and O–H groups in total. The van der Waals surface area contributed by atoms with Gasteiger partial charge in [-0.25, -0.2) is 4.39 Å². The van der Waals surface area contributed by atoms with Crippen molar-refractivity contribution < 1.29 is 21.5 Å². The van der Waals surface area contributed by atoms with Crippen LogP contribution in [0.4, 0.5) is 10.1 Å². The Kier molecular flexibility index (Phi) is 10.8. The number of hydrogen-bond acceptors (Lipinski definition) is 2. The quantitative estimate of drug-likeness (QED) is 0.352. The minimum absolute atomic E-state index is 0. The molecule has 0 saturated heterocycles. The molecule has 5 heteroatoms. The summed E-state index contributed by atoms with van der Waals surface area (Å²) in [7, 11) is 0. The number of nitrogens with zero attached hydrogens (tertiary/aromatic N) is 1. The zero-order valence-electron chi connectivity index (χ0n) is 12.6. The molecule has 0 bridgehead atoms. The van der Waals surface area contributed by atoms with E-state index in [9.17, 15) is 4.39 Å². The molecular weight excluding hydrogens is 367 g/mol. The van der Waals surface area contributed by atoms with Gasteiger partial charge in [0.15, 0.2) is 0 Å². The van der Waals surface area contributed by atoms with E-state index in [1.165, 1.54) is 18.3 Å². The molecule has 1 aromatic carbocycles. The molecule has 2 fully saturated rings. The third-order valence-electron chi connectivity index (χ3n) is 2.68. The molecule has 2 saturated carbocycles. The molecule has 0 unspecified atom stereocenters. The molecule has 0 aromatic heterocycles. The van der Waals surface area contributed by atoms with Crippen LogP contribution in [-0.2, 0) is 17.1 Å². The Morgan fingerprint density at radius 1 is 1.00 bits per heavy atom. The summed E-state index contributed by atoms with van der Waals surface area (Å²) < 4.78 is 12.9. The van der Waals surface area contributed by atoms with Crippen molar-refractivity contribution in [2.75, 3.05) is 5.43 Å². The first-order valence-corrected chi connectivity index (χ1v) is 7.26. The molecule has 3 rings (SSSR count). The zero-order valence-corrected chi connectivity index (χ0v) is 14.4. The normalized spacial score (nSPS) is 16.8. The largest absolute Gasteiger partial charge is 2.00 e. The summed E-state index contributed by atoms with van der Waals surface area (Å²) in [5, 5.41) is 3.94. The fourth-order valence-corrected chi connectivity index (χ4v) is 1.78. The van der Waals surface area contributed by atoms with Crippen molar-refractivity contribution in [1.29, 1.82) is 0 Å². The van der Waals surface area contributed by atoms with Crippen molar-refractivity contribution in [2.24, 2.45) is 5.10 Å². The zero-order chi connectivity index (χ0) is 16.3. The Hall–Kier alpha value is -1.01.